The van der Waals surface area contributed by atoms with Gasteiger partial charge in [-0.05, 0) is 60.9 Å². The van der Waals surface area contributed by atoms with Gasteiger partial charge in [0.15, 0.2) is 0 Å². The van der Waals surface area contributed by atoms with E-state index in [9.17, 15) is 17.6 Å². The Morgan fingerprint density at radius 2 is 1.42 bits per heavy atom. The van der Waals surface area contributed by atoms with E-state index in [2.05, 4.69) is 29.6 Å². The fraction of sp³-hybridized carbons (Fsp3) is 0.345. The Morgan fingerprint density at radius 3 is 1.97 bits per heavy atom. The van der Waals surface area contributed by atoms with Gasteiger partial charge in [0.05, 0.1) is 12.9 Å². The summed E-state index contributed by atoms with van der Waals surface area (Å²) in [5, 5.41) is 3.01. The second-order valence-corrected chi connectivity index (χ2v) is 10.7. The molecule has 0 heterocycles. The third-order valence-corrected chi connectivity index (χ3v) is 6.95. The third-order valence-electron chi connectivity index (χ3n) is 6.35. The van der Waals surface area contributed by atoms with Crippen molar-refractivity contribution in [1.29, 1.82) is 0 Å². The second kappa shape index (κ2) is 13.3. The first-order valence-corrected chi connectivity index (χ1v) is 14.1. The quantitative estimate of drug-likeness (QED) is 0.232. The molecule has 0 saturated carbocycles. The lowest BCUT2D eigenvalue weighted by Crippen LogP contribution is -2.31. The molecule has 7 heteroatoms. The summed E-state index contributed by atoms with van der Waals surface area (Å²) in [5.41, 5.74) is 2.88. The molecule has 5 nitrogen and oxygen atoms in total. The van der Waals surface area contributed by atoms with Gasteiger partial charge in [0.25, 0.3) is 10.1 Å². The van der Waals surface area contributed by atoms with E-state index in [-0.39, 0.29) is 23.7 Å². The number of halogens is 1. The van der Waals surface area contributed by atoms with Crippen molar-refractivity contribution in [2.45, 2.75) is 43.9 Å². The zero-order chi connectivity index (χ0) is 25.9. The van der Waals surface area contributed by atoms with Crippen LogP contribution < -0.4 is 5.32 Å². The molecule has 0 fully saturated rings. The van der Waals surface area contributed by atoms with E-state index >= 15 is 0 Å². The Morgan fingerprint density at radius 1 is 0.861 bits per heavy atom. The molecule has 1 amide bonds. The smallest absolute Gasteiger partial charge is 0.264 e. The number of rotatable bonds is 14. The molecule has 3 aromatic rings. The topological polar surface area (TPSA) is 72.5 Å². The van der Waals surface area contributed by atoms with Gasteiger partial charge in [-0.15, -0.1) is 0 Å². The predicted molar refractivity (Wildman–Crippen MR) is 141 cm³/mol. The molecule has 0 saturated heterocycles. The Bertz CT molecular complexity index is 1140. The van der Waals surface area contributed by atoms with Crippen LogP contribution >= 0.6 is 0 Å². The number of nitrogens with one attached hydrogen (secondary N) is 1. The van der Waals surface area contributed by atoms with Crippen LogP contribution in [-0.2, 0) is 30.9 Å². The standard InChI is InChI=1S/C29H34FNO4S/c1-36(33,34)35-23-9-21-29(25-10-4-2-5-11-25,26-12-6-3-7-13-26)20-8-22-31-28(32)19-16-24-14-17-27(30)18-15-24/h2-7,10-15,17-18H,8-9,16,19-23H2,1H3,(H,31,32). The van der Waals surface area contributed by atoms with E-state index in [1.807, 2.05) is 36.4 Å². The van der Waals surface area contributed by atoms with Gasteiger partial charge in [-0.3, -0.25) is 8.98 Å². The zero-order valence-electron chi connectivity index (χ0n) is 20.7. The number of carbonyl (C=O) groups is 1. The Balaban J connectivity index is 1.66. The monoisotopic (exact) mass is 511 g/mol. The highest BCUT2D eigenvalue weighted by Crippen LogP contribution is 2.41. The molecule has 0 aliphatic carbocycles. The fourth-order valence-electron chi connectivity index (χ4n) is 4.58. The Hall–Kier alpha value is -3.03. The molecule has 1 N–H and O–H groups in total. The lowest BCUT2D eigenvalue weighted by atomic mass is 9.68. The summed E-state index contributed by atoms with van der Waals surface area (Å²) in [7, 11) is -3.50. The summed E-state index contributed by atoms with van der Waals surface area (Å²) in [5.74, 6) is -0.322. The van der Waals surface area contributed by atoms with Crippen LogP contribution in [0.2, 0.25) is 0 Å². The van der Waals surface area contributed by atoms with E-state index in [1.54, 1.807) is 12.1 Å². The van der Waals surface area contributed by atoms with E-state index in [4.69, 9.17) is 4.18 Å². The minimum absolute atomic E-state index is 0.0362. The maximum absolute atomic E-state index is 13.1. The molecule has 36 heavy (non-hydrogen) atoms. The maximum atomic E-state index is 13.1. The van der Waals surface area contributed by atoms with Crippen LogP contribution in [0, 0.1) is 5.82 Å². The average molecular weight is 512 g/mol. The molecular weight excluding hydrogens is 477 g/mol. The highest BCUT2D eigenvalue weighted by molar-refractivity contribution is 7.85. The van der Waals surface area contributed by atoms with Crippen LogP contribution in [-0.4, -0.2) is 33.7 Å². The molecular formula is C29H34FNO4S. The molecule has 0 radical (unpaired) electrons. The third kappa shape index (κ3) is 8.57. The van der Waals surface area contributed by atoms with Gasteiger partial charge in [0.2, 0.25) is 5.91 Å². The van der Waals surface area contributed by atoms with Crippen LogP contribution in [0.3, 0.4) is 0 Å². The lowest BCUT2D eigenvalue weighted by molar-refractivity contribution is -0.121. The van der Waals surface area contributed by atoms with Gasteiger partial charge in [-0.2, -0.15) is 8.42 Å². The lowest BCUT2D eigenvalue weighted by Gasteiger charge is -2.36. The van der Waals surface area contributed by atoms with E-state index < -0.39 is 10.1 Å². The van der Waals surface area contributed by atoms with Crippen molar-refractivity contribution in [2.75, 3.05) is 19.4 Å². The molecule has 0 aromatic heterocycles. The van der Waals surface area contributed by atoms with Gasteiger partial charge < -0.3 is 5.32 Å². The molecule has 3 rings (SSSR count). The van der Waals surface area contributed by atoms with Crippen molar-refractivity contribution in [3.8, 4) is 0 Å². The number of carbonyl (C=O) groups excluding carboxylic acids is 1. The first kappa shape index (κ1) is 27.6. The molecule has 3 aromatic carbocycles. The molecule has 0 spiro atoms. The van der Waals surface area contributed by atoms with E-state index in [0.29, 0.717) is 32.2 Å². The summed E-state index contributed by atoms with van der Waals surface area (Å²) < 4.78 is 41.0. The molecule has 0 unspecified atom stereocenters. The minimum Gasteiger partial charge on any atom is -0.356 e. The zero-order valence-corrected chi connectivity index (χ0v) is 21.5. The number of hydrogen-bond donors (Lipinski definition) is 1. The van der Waals surface area contributed by atoms with Gasteiger partial charge in [0, 0.05) is 18.4 Å². The summed E-state index contributed by atoms with van der Waals surface area (Å²) in [6.45, 7) is 0.657. The molecule has 192 valence electrons. The summed E-state index contributed by atoms with van der Waals surface area (Å²) >= 11 is 0. The van der Waals surface area contributed by atoms with Gasteiger partial charge in [-0.1, -0.05) is 72.8 Å². The van der Waals surface area contributed by atoms with E-state index in [0.717, 1.165) is 35.8 Å². The van der Waals surface area contributed by atoms with Crippen LogP contribution in [0.5, 0.6) is 0 Å². The summed E-state index contributed by atoms with van der Waals surface area (Å²) in [4.78, 5) is 12.4. The molecule has 0 atom stereocenters. The van der Waals surface area contributed by atoms with Crippen LogP contribution in [0.4, 0.5) is 4.39 Å². The number of amides is 1. The maximum Gasteiger partial charge on any atom is 0.264 e. The van der Waals surface area contributed by atoms with Gasteiger partial charge >= 0.3 is 0 Å². The Kier molecular flexibility index (Phi) is 10.2. The molecule has 0 aliphatic rings. The van der Waals surface area contributed by atoms with Crippen molar-refractivity contribution in [1.82, 2.24) is 5.32 Å². The number of benzene rings is 3. The van der Waals surface area contributed by atoms with Crippen LogP contribution in [0.25, 0.3) is 0 Å². The van der Waals surface area contributed by atoms with Crippen molar-refractivity contribution in [3.63, 3.8) is 0 Å². The predicted octanol–water partition coefficient (Wildman–Crippen LogP) is 5.40. The minimum atomic E-state index is -3.50. The normalized spacial score (nSPS) is 11.8. The number of hydrogen-bond acceptors (Lipinski definition) is 4. The SMILES string of the molecule is CS(=O)(=O)OCCCC(CCCNC(=O)CCc1ccc(F)cc1)(c1ccccc1)c1ccccc1. The number of aryl methyl sites for hydroxylation is 1. The first-order chi connectivity index (χ1) is 17.3. The van der Waals surface area contributed by atoms with Crippen molar-refractivity contribution >= 4 is 16.0 Å². The highest BCUT2D eigenvalue weighted by atomic mass is 32.2. The van der Waals surface area contributed by atoms with Gasteiger partial charge in [0.1, 0.15) is 5.82 Å². The highest BCUT2D eigenvalue weighted by Gasteiger charge is 2.33. The molecule has 0 aliphatic heterocycles. The van der Waals surface area contributed by atoms with Crippen LogP contribution in [0.1, 0.15) is 48.8 Å². The average Bonchev–Trinajstić information content (AvgIpc) is 2.88. The summed E-state index contributed by atoms with van der Waals surface area (Å²) in [6, 6.07) is 26.6. The van der Waals surface area contributed by atoms with Gasteiger partial charge in [-0.25, -0.2) is 4.39 Å². The largest absolute Gasteiger partial charge is 0.356 e. The van der Waals surface area contributed by atoms with E-state index in [1.165, 1.54) is 12.1 Å². The van der Waals surface area contributed by atoms with Crippen molar-refractivity contribution in [2.24, 2.45) is 0 Å². The fourth-order valence-corrected chi connectivity index (χ4v) is 5.00. The first-order valence-electron chi connectivity index (χ1n) is 12.3. The Labute approximate surface area is 213 Å². The van der Waals surface area contributed by atoms with Crippen molar-refractivity contribution < 1.29 is 21.8 Å². The second-order valence-electron chi connectivity index (χ2n) is 9.02. The van der Waals surface area contributed by atoms with Crippen molar-refractivity contribution in [3.05, 3.63) is 107 Å². The summed E-state index contributed by atoms with van der Waals surface area (Å²) in [6.07, 6.45) is 4.77. The molecule has 0 bridgehead atoms. The van der Waals surface area contributed by atoms with Crippen LogP contribution in [0.15, 0.2) is 84.9 Å².